The first kappa shape index (κ1) is 6.96. The number of nitrogens with zero attached hydrogens (tertiary/aromatic N) is 2. The Kier molecular flexibility index (Phi) is 3.59. The Morgan fingerprint density at radius 1 is 1.88 bits per heavy atom. The highest BCUT2D eigenvalue weighted by Crippen LogP contribution is 1.79. The van der Waals surface area contributed by atoms with Crippen molar-refractivity contribution < 1.29 is 4.84 Å². The summed E-state index contributed by atoms with van der Waals surface area (Å²) in [4.78, 5) is 7.56. The monoisotopic (exact) mass is 112 g/mol. The Morgan fingerprint density at radius 2 is 2.50 bits per heavy atom. The second kappa shape index (κ2) is 4.13. The lowest BCUT2D eigenvalue weighted by Gasteiger charge is -1.82. The molecule has 0 fully saturated rings. The van der Waals surface area contributed by atoms with Crippen LogP contribution in [0, 0.1) is 6.57 Å². The van der Waals surface area contributed by atoms with E-state index in [1.807, 2.05) is 6.92 Å². The van der Waals surface area contributed by atoms with Crippen molar-refractivity contribution in [2.24, 2.45) is 5.16 Å². The largest absolute Gasteiger partial charge is 0.361 e. The van der Waals surface area contributed by atoms with E-state index in [0.717, 1.165) is 0 Å². The first-order chi connectivity index (χ1) is 3.81. The summed E-state index contributed by atoms with van der Waals surface area (Å²) in [6.07, 6.45) is 0. The summed E-state index contributed by atoms with van der Waals surface area (Å²) in [5.74, 6) is 0.340. The topological polar surface area (TPSA) is 25.9 Å². The van der Waals surface area contributed by atoms with Crippen LogP contribution < -0.4 is 0 Å². The molecule has 0 aliphatic rings. The van der Waals surface area contributed by atoms with Crippen molar-refractivity contribution in [1.29, 1.82) is 0 Å². The average Bonchev–Trinajstić information content (AvgIpc) is 1.83. The fourth-order valence-corrected chi connectivity index (χ4v) is 0.178. The third kappa shape index (κ3) is 3.16. The van der Waals surface area contributed by atoms with Gasteiger partial charge in [-0.15, -0.1) is 0 Å². The molecule has 0 saturated heterocycles. The van der Waals surface area contributed by atoms with Gasteiger partial charge < -0.3 is 9.68 Å². The van der Waals surface area contributed by atoms with Gasteiger partial charge in [-0.3, -0.25) is 0 Å². The van der Waals surface area contributed by atoms with Crippen molar-refractivity contribution in [3.05, 3.63) is 11.4 Å². The maximum Gasteiger partial charge on any atom is 0.288 e. The predicted octanol–water partition coefficient (Wildman–Crippen LogP) is 1.28. The summed E-state index contributed by atoms with van der Waals surface area (Å²) >= 11 is 0. The molecule has 0 atom stereocenters. The number of rotatable bonds is 2. The fourth-order valence-electron chi connectivity index (χ4n) is 0.178. The van der Waals surface area contributed by atoms with E-state index < -0.39 is 0 Å². The van der Waals surface area contributed by atoms with Gasteiger partial charge in [0.2, 0.25) is 0 Å². The highest BCUT2D eigenvalue weighted by Gasteiger charge is 1.84. The van der Waals surface area contributed by atoms with Crippen molar-refractivity contribution in [3.63, 3.8) is 0 Å². The van der Waals surface area contributed by atoms with E-state index in [1.54, 1.807) is 6.92 Å². The van der Waals surface area contributed by atoms with E-state index in [1.165, 1.54) is 0 Å². The Labute approximate surface area is 48.8 Å². The van der Waals surface area contributed by atoms with Gasteiger partial charge in [0, 0.05) is 0 Å². The normalized spacial score (nSPS) is 10.4. The minimum atomic E-state index is 0.340. The lowest BCUT2D eigenvalue weighted by molar-refractivity contribution is 0.159. The van der Waals surface area contributed by atoms with Crippen LogP contribution in [-0.2, 0) is 4.84 Å². The molecular weight excluding hydrogens is 104 g/mol. The maximum absolute atomic E-state index is 6.40. The zero-order valence-corrected chi connectivity index (χ0v) is 5.01. The van der Waals surface area contributed by atoms with Crippen LogP contribution in [0.15, 0.2) is 5.16 Å². The molecule has 0 aromatic rings. The number of amidine groups is 1. The van der Waals surface area contributed by atoms with Crippen LogP contribution >= 0.6 is 0 Å². The second-order valence-corrected chi connectivity index (χ2v) is 1.17. The minimum absolute atomic E-state index is 0.340. The summed E-state index contributed by atoms with van der Waals surface area (Å²) in [7, 11) is 0. The van der Waals surface area contributed by atoms with Crippen LogP contribution in [0.5, 0.6) is 0 Å². The van der Waals surface area contributed by atoms with Crippen molar-refractivity contribution in [3.8, 4) is 0 Å². The smallest absolute Gasteiger partial charge is 0.288 e. The second-order valence-electron chi connectivity index (χ2n) is 1.17. The lowest BCUT2D eigenvalue weighted by atomic mass is 10.7. The van der Waals surface area contributed by atoms with Gasteiger partial charge in [-0.2, -0.15) is 0 Å². The number of oxime groups is 1. The van der Waals surface area contributed by atoms with Gasteiger partial charge in [0.1, 0.15) is 6.61 Å². The minimum Gasteiger partial charge on any atom is -0.361 e. The van der Waals surface area contributed by atoms with Crippen LogP contribution in [0.3, 0.4) is 0 Å². The predicted molar refractivity (Wildman–Crippen MR) is 31.3 cm³/mol. The first-order valence-electron chi connectivity index (χ1n) is 2.35. The summed E-state index contributed by atoms with van der Waals surface area (Å²) in [6, 6.07) is 0. The van der Waals surface area contributed by atoms with Crippen LogP contribution in [0.4, 0.5) is 0 Å². The maximum atomic E-state index is 6.40. The third-order valence-corrected chi connectivity index (χ3v) is 0.488. The van der Waals surface area contributed by atoms with E-state index in [2.05, 4.69) is 14.8 Å². The van der Waals surface area contributed by atoms with Crippen molar-refractivity contribution >= 4 is 5.84 Å². The van der Waals surface area contributed by atoms with Crippen molar-refractivity contribution in [1.82, 2.24) is 0 Å². The van der Waals surface area contributed by atoms with Gasteiger partial charge in [0.15, 0.2) is 0 Å². The lowest BCUT2D eigenvalue weighted by Crippen LogP contribution is -1.84. The van der Waals surface area contributed by atoms with Crippen LogP contribution in [0.2, 0.25) is 0 Å². The SMILES string of the molecule is [C-]#[N+]/C(C)=N\OCC. The van der Waals surface area contributed by atoms with Gasteiger partial charge in [-0.25, -0.2) is 0 Å². The van der Waals surface area contributed by atoms with E-state index in [-0.39, 0.29) is 0 Å². The molecule has 0 radical (unpaired) electrons. The standard InChI is InChI=1S/C5H8N2O/c1-4-8-7-5(2)6-3/h4H2,1-2H3/b7-5-. The van der Waals surface area contributed by atoms with Crippen molar-refractivity contribution in [2.45, 2.75) is 13.8 Å². The summed E-state index contributed by atoms with van der Waals surface area (Å²) in [6.45, 7) is 10.3. The molecule has 0 heterocycles. The van der Waals surface area contributed by atoms with Crippen LogP contribution in [0.1, 0.15) is 13.8 Å². The molecule has 0 aromatic heterocycles. The molecule has 0 saturated carbocycles. The molecular formula is C5H8N2O. The fraction of sp³-hybridized carbons (Fsp3) is 0.600. The Hall–Kier alpha value is -1.04. The molecule has 0 aliphatic carbocycles. The molecule has 0 spiro atoms. The summed E-state index contributed by atoms with van der Waals surface area (Å²) < 4.78 is 0. The molecule has 0 N–H and O–H groups in total. The van der Waals surface area contributed by atoms with Crippen molar-refractivity contribution in [2.75, 3.05) is 6.61 Å². The molecule has 0 bridgehead atoms. The highest BCUT2D eigenvalue weighted by atomic mass is 16.6. The molecule has 44 valence electrons. The molecule has 0 rings (SSSR count). The quantitative estimate of drug-likeness (QED) is 0.228. The first-order valence-corrected chi connectivity index (χ1v) is 2.35. The van der Waals surface area contributed by atoms with Gasteiger partial charge in [-0.05, 0) is 13.8 Å². The highest BCUT2D eigenvalue weighted by molar-refractivity contribution is 5.88. The molecule has 8 heavy (non-hydrogen) atoms. The molecule has 3 heteroatoms. The van der Waals surface area contributed by atoms with E-state index >= 15 is 0 Å². The Balaban J connectivity index is 3.46. The van der Waals surface area contributed by atoms with Gasteiger partial charge >= 0.3 is 0 Å². The zero-order valence-electron chi connectivity index (χ0n) is 5.01. The number of hydrogen-bond acceptors (Lipinski definition) is 2. The Morgan fingerprint density at radius 3 is 2.88 bits per heavy atom. The van der Waals surface area contributed by atoms with E-state index in [0.29, 0.717) is 12.4 Å². The molecule has 0 unspecified atom stereocenters. The third-order valence-electron chi connectivity index (χ3n) is 0.488. The number of hydrogen-bond donors (Lipinski definition) is 0. The van der Waals surface area contributed by atoms with Gasteiger partial charge in [0.25, 0.3) is 5.84 Å². The molecule has 0 aliphatic heterocycles. The summed E-state index contributed by atoms with van der Waals surface area (Å²) in [5, 5.41) is 3.42. The van der Waals surface area contributed by atoms with Gasteiger partial charge in [-0.1, -0.05) is 6.57 Å². The zero-order chi connectivity index (χ0) is 6.41. The van der Waals surface area contributed by atoms with E-state index in [9.17, 15) is 0 Å². The molecule has 0 amide bonds. The van der Waals surface area contributed by atoms with Gasteiger partial charge in [0.05, 0.1) is 5.16 Å². The Bertz CT molecular complexity index is 123. The van der Waals surface area contributed by atoms with E-state index in [4.69, 9.17) is 6.57 Å². The average molecular weight is 112 g/mol. The summed E-state index contributed by atoms with van der Waals surface area (Å²) in [5.41, 5.74) is 0. The molecule has 3 nitrogen and oxygen atoms in total. The van der Waals surface area contributed by atoms with Crippen LogP contribution in [-0.4, -0.2) is 12.4 Å². The molecule has 0 aromatic carbocycles. The van der Waals surface area contributed by atoms with Crippen LogP contribution in [0.25, 0.3) is 4.85 Å².